The van der Waals surface area contributed by atoms with Crippen LogP contribution >= 0.6 is 34.9 Å². The first-order valence-electron chi connectivity index (χ1n) is 8.29. The Morgan fingerprint density at radius 2 is 2.04 bits per heavy atom. The first-order chi connectivity index (χ1) is 12.8. The van der Waals surface area contributed by atoms with Crippen LogP contribution in [-0.4, -0.2) is 28.1 Å². The van der Waals surface area contributed by atoms with Gasteiger partial charge in [0.1, 0.15) is 0 Å². The van der Waals surface area contributed by atoms with Crippen molar-refractivity contribution in [2.24, 2.45) is 5.10 Å². The first-order valence-corrected chi connectivity index (χ1v) is 11.2. The van der Waals surface area contributed by atoms with Crippen LogP contribution in [0.15, 0.2) is 58.0 Å². The van der Waals surface area contributed by atoms with E-state index in [-0.39, 0.29) is 5.91 Å². The Hall–Kier alpha value is -1.83. The van der Waals surface area contributed by atoms with Crippen LogP contribution in [0.25, 0.3) is 10.2 Å². The molecule has 4 nitrogen and oxygen atoms in total. The summed E-state index contributed by atoms with van der Waals surface area (Å²) < 4.78 is 2.28. The molecule has 26 heavy (non-hydrogen) atoms. The minimum atomic E-state index is -0.153. The Balaban J connectivity index is 1.34. The summed E-state index contributed by atoms with van der Waals surface area (Å²) in [5, 5.41) is 4.20. The average molecular weight is 400 g/mol. The highest BCUT2D eigenvalue weighted by Crippen LogP contribution is 2.31. The Morgan fingerprint density at radius 3 is 2.81 bits per heavy atom. The smallest absolute Gasteiger partial charge is 0.267 e. The number of para-hydroxylation sites is 1. The molecular weight excluding hydrogens is 382 g/mol. The summed E-state index contributed by atoms with van der Waals surface area (Å²) in [6.45, 7) is 0. The zero-order valence-corrected chi connectivity index (χ0v) is 16.4. The van der Waals surface area contributed by atoms with Crippen molar-refractivity contribution in [3.05, 3.63) is 59.7 Å². The third-order valence-electron chi connectivity index (χ3n) is 3.97. The second-order valence-electron chi connectivity index (χ2n) is 5.85. The number of hydrogen-bond acceptors (Lipinski definition) is 6. The molecular formula is C19H17N3OS3. The van der Waals surface area contributed by atoms with E-state index >= 15 is 0 Å². The van der Waals surface area contributed by atoms with Gasteiger partial charge in [0.25, 0.3) is 5.91 Å². The number of fused-ring (bicyclic) bond motifs is 1. The molecule has 132 valence electrons. The highest BCUT2D eigenvalue weighted by Gasteiger charge is 2.10. The van der Waals surface area contributed by atoms with Gasteiger partial charge >= 0.3 is 0 Å². The molecule has 0 bridgehead atoms. The number of aromatic nitrogens is 1. The van der Waals surface area contributed by atoms with Crippen LogP contribution in [0.3, 0.4) is 0 Å². The Labute approximate surface area is 164 Å². The summed E-state index contributed by atoms with van der Waals surface area (Å²) in [7, 11) is 0. The number of hydrogen-bond donors (Lipinski definition) is 1. The van der Waals surface area contributed by atoms with Crippen LogP contribution < -0.4 is 5.43 Å². The lowest BCUT2D eigenvalue weighted by atomic mass is 10.1. The molecule has 0 unspecified atom stereocenters. The van der Waals surface area contributed by atoms with E-state index in [1.807, 2.05) is 54.2 Å². The number of rotatable bonds is 5. The maximum atomic E-state index is 12.2. The maximum absolute atomic E-state index is 12.2. The molecule has 0 atom stereocenters. The maximum Gasteiger partial charge on any atom is 0.271 e. The predicted octanol–water partition coefficient (Wildman–Crippen LogP) is 4.81. The number of carbonyl (C=O) groups is 1. The molecule has 2 heterocycles. The summed E-state index contributed by atoms with van der Waals surface area (Å²) in [5.74, 6) is 2.69. The largest absolute Gasteiger partial charge is 0.271 e. The topological polar surface area (TPSA) is 54.4 Å². The van der Waals surface area contributed by atoms with Gasteiger partial charge in [-0.2, -0.15) is 16.9 Å². The molecule has 0 spiro atoms. The number of nitrogens with zero attached hydrogens (tertiary/aromatic N) is 2. The van der Waals surface area contributed by atoms with Crippen LogP contribution in [0.5, 0.6) is 0 Å². The summed E-state index contributed by atoms with van der Waals surface area (Å²) in [4.78, 5) is 16.8. The molecule has 0 radical (unpaired) electrons. The number of thiazole rings is 1. The highest BCUT2D eigenvalue weighted by molar-refractivity contribution is 8.00. The minimum absolute atomic E-state index is 0.153. The Bertz CT molecular complexity index is 909. The normalized spacial score (nSPS) is 15.6. The molecule has 2 aromatic carbocycles. The lowest BCUT2D eigenvalue weighted by Gasteiger charge is -2.03. The van der Waals surface area contributed by atoms with Gasteiger partial charge < -0.3 is 0 Å². The van der Waals surface area contributed by atoms with Crippen LogP contribution in [-0.2, 0) is 5.75 Å². The van der Waals surface area contributed by atoms with Crippen molar-refractivity contribution in [1.29, 1.82) is 0 Å². The number of carbonyl (C=O) groups excluding carboxylic acids is 1. The molecule has 1 aliphatic rings. The molecule has 0 saturated carbocycles. The SMILES string of the molecule is O=C(N/N=C1\CCSC1)c1ccc(CSc2nc3ccccc3s2)cc1. The summed E-state index contributed by atoms with van der Waals surface area (Å²) in [6, 6.07) is 15.9. The molecule has 1 N–H and O–H groups in total. The van der Waals surface area contributed by atoms with Gasteiger partial charge in [0.05, 0.1) is 10.2 Å². The summed E-state index contributed by atoms with van der Waals surface area (Å²) in [6.07, 6.45) is 0.965. The van der Waals surface area contributed by atoms with E-state index in [2.05, 4.69) is 21.6 Å². The van der Waals surface area contributed by atoms with Gasteiger partial charge in [-0.25, -0.2) is 10.4 Å². The highest BCUT2D eigenvalue weighted by atomic mass is 32.2. The third kappa shape index (κ3) is 4.28. The van der Waals surface area contributed by atoms with Crippen LogP contribution in [0.2, 0.25) is 0 Å². The Morgan fingerprint density at radius 1 is 1.19 bits per heavy atom. The second-order valence-corrected chi connectivity index (χ2v) is 9.21. The monoisotopic (exact) mass is 399 g/mol. The molecule has 1 saturated heterocycles. The van der Waals surface area contributed by atoms with Gasteiger partial charge in [-0.1, -0.05) is 36.0 Å². The van der Waals surface area contributed by atoms with E-state index in [9.17, 15) is 4.79 Å². The van der Waals surface area contributed by atoms with Crippen molar-refractivity contribution in [2.75, 3.05) is 11.5 Å². The van der Waals surface area contributed by atoms with Crippen molar-refractivity contribution in [1.82, 2.24) is 10.4 Å². The Kier molecular flexibility index (Phi) is 5.57. The number of amides is 1. The van der Waals surface area contributed by atoms with Gasteiger partial charge in [0.2, 0.25) is 0 Å². The first kappa shape index (κ1) is 17.6. The van der Waals surface area contributed by atoms with Crippen LogP contribution in [0.1, 0.15) is 22.3 Å². The van der Waals surface area contributed by atoms with E-state index < -0.39 is 0 Å². The van der Waals surface area contributed by atoms with Crippen LogP contribution in [0, 0.1) is 0 Å². The zero-order chi connectivity index (χ0) is 17.8. The molecule has 1 amide bonds. The number of thioether (sulfide) groups is 2. The zero-order valence-electron chi connectivity index (χ0n) is 14.0. The third-order valence-corrected chi connectivity index (χ3v) is 7.25. The minimum Gasteiger partial charge on any atom is -0.267 e. The lowest BCUT2D eigenvalue weighted by Crippen LogP contribution is -2.19. The van der Waals surface area contributed by atoms with Gasteiger partial charge in [0.15, 0.2) is 4.34 Å². The standard InChI is InChI=1S/C19H17N3OS3/c23-18(22-21-15-9-10-24-12-15)14-7-5-13(6-8-14)11-25-19-20-16-3-1-2-4-17(16)26-19/h1-8H,9-12H2,(H,22,23)/b21-15+. The van der Waals surface area contributed by atoms with E-state index in [1.165, 1.54) is 10.3 Å². The van der Waals surface area contributed by atoms with E-state index in [1.54, 1.807) is 23.1 Å². The average Bonchev–Trinajstić information content (AvgIpc) is 3.34. The number of hydrazone groups is 1. The van der Waals surface area contributed by atoms with Crippen molar-refractivity contribution < 1.29 is 4.79 Å². The van der Waals surface area contributed by atoms with Crippen molar-refractivity contribution in [2.45, 2.75) is 16.5 Å². The fourth-order valence-electron chi connectivity index (χ4n) is 2.54. The van der Waals surface area contributed by atoms with Gasteiger partial charge in [0, 0.05) is 22.8 Å². The molecule has 1 aliphatic heterocycles. The fraction of sp³-hybridized carbons (Fsp3) is 0.211. The summed E-state index contributed by atoms with van der Waals surface area (Å²) >= 11 is 5.29. The molecule has 1 aromatic heterocycles. The van der Waals surface area contributed by atoms with Gasteiger partial charge in [-0.3, -0.25) is 4.79 Å². The lowest BCUT2D eigenvalue weighted by molar-refractivity contribution is 0.0954. The van der Waals surface area contributed by atoms with Crippen molar-refractivity contribution in [3.63, 3.8) is 0 Å². The molecule has 7 heteroatoms. The second kappa shape index (κ2) is 8.24. The molecule has 3 aromatic rings. The summed E-state index contributed by atoms with van der Waals surface area (Å²) in [5.41, 5.74) is 6.57. The molecule has 4 rings (SSSR count). The quantitative estimate of drug-likeness (QED) is 0.494. The van der Waals surface area contributed by atoms with Crippen molar-refractivity contribution in [3.8, 4) is 0 Å². The van der Waals surface area contributed by atoms with Crippen LogP contribution in [0.4, 0.5) is 0 Å². The number of benzene rings is 2. The number of nitrogens with one attached hydrogen (secondary N) is 1. The van der Waals surface area contributed by atoms with E-state index in [0.717, 1.165) is 39.2 Å². The van der Waals surface area contributed by atoms with Gasteiger partial charge in [-0.15, -0.1) is 11.3 Å². The van der Waals surface area contributed by atoms with E-state index in [0.29, 0.717) is 5.56 Å². The molecule has 0 aliphatic carbocycles. The van der Waals surface area contributed by atoms with Crippen molar-refractivity contribution >= 4 is 56.7 Å². The van der Waals surface area contributed by atoms with Gasteiger partial charge in [-0.05, 0) is 42.0 Å². The fourth-order valence-corrected chi connectivity index (χ4v) is 5.54. The predicted molar refractivity (Wildman–Crippen MR) is 112 cm³/mol. The molecule has 1 fully saturated rings. The van der Waals surface area contributed by atoms with E-state index in [4.69, 9.17) is 0 Å².